The van der Waals surface area contributed by atoms with E-state index in [4.69, 9.17) is 4.42 Å². The Morgan fingerprint density at radius 3 is 2.52 bits per heavy atom. The van der Waals surface area contributed by atoms with Crippen LogP contribution in [0.5, 0.6) is 0 Å². The van der Waals surface area contributed by atoms with E-state index in [1.54, 1.807) is 6.92 Å². The number of rotatable bonds is 5. The van der Waals surface area contributed by atoms with E-state index in [-0.39, 0.29) is 22.9 Å². The predicted molar refractivity (Wildman–Crippen MR) is 123 cm³/mol. The molecule has 1 aliphatic rings. The van der Waals surface area contributed by atoms with Gasteiger partial charge in [0.2, 0.25) is 0 Å². The summed E-state index contributed by atoms with van der Waals surface area (Å²) in [5, 5.41) is 17.9. The smallest absolute Gasteiger partial charge is 0.291 e. The van der Waals surface area contributed by atoms with Crippen molar-refractivity contribution in [2.45, 2.75) is 33.1 Å². The summed E-state index contributed by atoms with van der Waals surface area (Å²) in [6.45, 7) is 3.74. The molecule has 1 aliphatic carbocycles. The number of non-ortho nitro benzene ring substituents is 1. The Kier molecular flexibility index (Phi) is 6.03. The maximum atomic E-state index is 12.8. The van der Waals surface area contributed by atoms with Crippen molar-refractivity contribution in [2.24, 2.45) is 5.10 Å². The van der Waals surface area contributed by atoms with Crippen molar-refractivity contribution < 1.29 is 18.9 Å². The fraction of sp³-hybridized carbons (Fsp3) is 0.208. The Labute approximate surface area is 189 Å². The number of hydrogen-bond donors (Lipinski definition) is 2. The normalized spacial score (nSPS) is 13.9. The number of hydrazone groups is 1. The van der Waals surface area contributed by atoms with Crippen LogP contribution in [0.1, 0.15) is 56.2 Å². The third kappa shape index (κ3) is 4.67. The van der Waals surface area contributed by atoms with Crippen LogP contribution in [0.25, 0.3) is 0 Å². The molecule has 168 valence electrons. The number of amides is 2. The standard InChI is InChI=1S/C24H22N4O5/c1-14-5-3-6-17(13-14)25-24(30)22-15(2)21-19(7-4-8-20(21)33-22)26-27-23(29)16-9-11-18(12-10-16)28(31)32/h3,5-6,9-13H,4,7-8H2,1-2H3,(H,25,30)(H,27,29)/b26-19+. The minimum Gasteiger partial charge on any atom is -0.455 e. The lowest BCUT2D eigenvalue weighted by molar-refractivity contribution is -0.384. The van der Waals surface area contributed by atoms with Gasteiger partial charge in [-0.1, -0.05) is 12.1 Å². The van der Waals surface area contributed by atoms with Gasteiger partial charge in [0.15, 0.2) is 5.76 Å². The zero-order valence-corrected chi connectivity index (χ0v) is 18.2. The fourth-order valence-corrected chi connectivity index (χ4v) is 3.82. The monoisotopic (exact) mass is 446 g/mol. The van der Waals surface area contributed by atoms with Crippen molar-refractivity contribution >= 4 is 28.9 Å². The van der Waals surface area contributed by atoms with Crippen LogP contribution in [0, 0.1) is 24.0 Å². The number of fused-ring (bicyclic) bond motifs is 1. The topological polar surface area (TPSA) is 127 Å². The number of benzene rings is 2. The Morgan fingerprint density at radius 1 is 1.06 bits per heavy atom. The second-order valence-electron chi connectivity index (χ2n) is 7.83. The number of nitro benzene ring substituents is 1. The molecule has 0 bridgehead atoms. The van der Waals surface area contributed by atoms with Crippen molar-refractivity contribution in [1.82, 2.24) is 5.43 Å². The molecule has 2 N–H and O–H groups in total. The molecule has 0 spiro atoms. The minimum absolute atomic E-state index is 0.0970. The highest BCUT2D eigenvalue weighted by Crippen LogP contribution is 2.30. The van der Waals surface area contributed by atoms with Gasteiger partial charge in [0.1, 0.15) is 5.76 Å². The molecule has 0 saturated carbocycles. The van der Waals surface area contributed by atoms with E-state index in [9.17, 15) is 19.7 Å². The molecular formula is C24H22N4O5. The molecule has 2 aromatic carbocycles. The maximum absolute atomic E-state index is 12.8. The van der Waals surface area contributed by atoms with Crippen LogP contribution in [0.3, 0.4) is 0 Å². The van der Waals surface area contributed by atoms with Gasteiger partial charge in [-0.15, -0.1) is 0 Å². The van der Waals surface area contributed by atoms with E-state index in [2.05, 4.69) is 15.8 Å². The van der Waals surface area contributed by atoms with Crippen LogP contribution >= 0.6 is 0 Å². The highest BCUT2D eigenvalue weighted by atomic mass is 16.6. The van der Waals surface area contributed by atoms with Gasteiger partial charge in [-0.25, -0.2) is 5.43 Å². The van der Waals surface area contributed by atoms with Crippen LogP contribution < -0.4 is 10.7 Å². The van der Waals surface area contributed by atoms with Crippen molar-refractivity contribution in [3.8, 4) is 0 Å². The Morgan fingerprint density at radius 2 is 1.82 bits per heavy atom. The van der Waals surface area contributed by atoms with Crippen LogP contribution in [0.15, 0.2) is 58.0 Å². The molecule has 2 amide bonds. The number of anilines is 1. The highest BCUT2D eigenvalue weighted by molar-refractivity contribution is 6.09. The minimum atomic E-state index is -0.528. The quantitative estimate of drug-likeness (QED) is 0.440. The summed E-state index contributed by atoms with van der Waals surface area (Å²) in [5.41, 5.74) is 6.40. The van der Waals surface area contributed by atoms with Crippen molar-refractivity contribution in [3.63, 3.8) is 0 Å². The van der Waals surface area contributed by atoms with E-state index in [1.807, 2.05) is 31.2 Å². The molecule has 4 rings (SSSR count). The van der Waals surface area contributed by atoms with Crippen LogP contribution in [0.4, 0.5) is 11.4 Å². The Hall–Kier alpha value is -4.27. The summed E-state index contributed by atoms with van der Waals surface area (Å²) < 4.78 is 5.89. The number of aryl methyl sites for hydroxylation is 2. The summed E-state index contributed by atoms with van der Waals surface area (Å²) in [6, 6.07) is 12.8. The number of nitro groups is 1. The van der Waals surface area contributed by atoms with Gasteiger partial charge in [-0.2, -0.15) is 5.10 Å². The van der Waals surface area contributed by atoms with E-state index in [0.29, 0.717) is 35.6 Å². The third-order valence-electron chi connectivity index (χ3n) is 5.44. The summed E-state index contributed by atoms with van der Waals surface area (Å²) in [7, 11) is 0. The molecule has 0 unspecified atom stereocenters. The zero-order chi connectivity index (χ0) is 23.5. The second-order valence-corrected chi connectivity index (χ2v) is 7.83. The lowest BCUT2D eigenvalue weighted by Crippen LogP contribution is -2.22. The summed E-state index contributed by atoms with van der Waals surface area (Å²) in [4.78, 5) is 35.5. The van der Waals surface area contributed by atoms with Crippen molar-refractivity contribution in [2.75, 3.05) is 5.32 Å². The van der Waals surface area contributed by atoms with E-state index in [1.165, 1.54) is 24.3 Å². The second kappa shape index (κ2) is 9.07. The summed E-state index contributed by atoms with van der Waals surface area (Å²) in [6.07, 6.45) is 2.06. The molecule has 0 atom stereocenters. The lowest BCUT2D eigenvalue weighted by atomic mass is 9.93. The molecule has 1 heterocycles. The van der Waals surface area contributed by atoms with Gasteiger partial charge in [0.05, 0.1) is 10.6 Å². The molecule has 9 nitrogen and oxygen atoms in total. The SMILES string of the molecule is Cc1cccc(NC(=O)c2oc3c(c2C)/C(=N/NC(=O)c2ccc([N+](=O)[O-])cc2)CCC3)c1. The average Bonchev–Trinajstić information content (AvgIpc) is 3.15. The molecule has 0 saturated heterocycles. The first-order chi connectivity index (χ1) is 15.8. The van der Waals surface area contributed by atoms with Crippen LogP contribution in [0.2, 0.25) is 0 Å². The van der Waals surface area contributed by atoms with E-state index in [0.717, 1.165) is 17.5 Å². The number of carbonyl (C=O) groups is 2. The lowest BCUT2D eigenvalue weighted by Gasteiger charge is -2.13. The zero-order valence-electron chi connectivity index (χ0n) is 18.2. The first-order valence-corrected chi connectivity index (χ1v) is 10.5. The molecule has 0 radical (unpaired) electrons. The van der Waals surface area contributed by atoms with Crippen molar-refractivity contribution in [1.29, 1.82) is 0 Å². The van der Waals surface area contributed by atoms with Crippen LogP contribution in [-0.4, -0.2) is 22.4 Å². The van der Waals surface area contributed by atoms with Gasteiger partial charge in [0.25, 0.3) is 17.5 Å². The molecule has 0 aliphatic heterocycles. The number of furan rings is 1. The molecule has 3 aromatic rings. The summed E-state index contributed by atoms with van der Waals surface area (Å²) in [5.74, 6) is 0.0547. The third-order valence-corrected chi connectivity index (χ3v) is 5.44. The van der Waals surface area contributed by atoms with Gasteiger partial charge < -0.3 is 9.73 Å². The van der Waals surface area contributed by atoms with Gasteiger partial charge in [0, 0.05) is 40.9 Å². The van der Waals surface area contributed by atoms with Gasteiger partial charge in [-0.05, 0) is 56.5 Å². The Balaban J connectivity index is 1.54. The predicted octanol–water partition coefficient (Wildman–Crippen LogP) is 4.53. The molecule has 1 aromatic heterocycles. The largest absolute Gasteiger partial charge is 0.455 e. The van der Waals surface area contributed by atoms with E-state index < -0.39 is 10.8 Å². The van der Waals surface area contributed by atoms with Gasteiger partial charge in [-0.3, -0.25) is 19.7 Å². The first-order valence-electron chi connectivity index (χ1n) is 10.5. The molecular weight excluding hydrogens is 424 g/mol. The van der Waals surface area contributed by atoms with Crippen molar-refractivity contribution in [3.05, 3.63) is 92.4 Å². The molecule has 9 heteroatoms. The fourth-order valence-electron chi connectivity index (χ4n) is 3.82. The number of carbonyl (C=O) groups excluding carboxylic acids is 2. The number of nitrogens with one attached hydrogen (secondary N) is 2. The number of hydrogen-bond acceptors (Lipinski definition) is 6. The summed E-state index contributed by atoms with van der Waals surface area (Å²) >= 11 is 0. The average molecular weight is 446 g/mol. The molecule has 0 fully saturated rings. The van der Waals surface area contributed by atoms with Crippen LogP contribution in [-0.2, 0) is 6.42 Å². The van der Waals surface area contributed by atoms with Gasteiger partial charge >= 0.3 is 0 Å². The number of nitrogens with zero attached hydrogens (tertiary/aromatic N) is 2. The van der Waals surface area contributed by atoms with E-state index >= 15 is 0 Å². The first kappa shape index (κ1) is 21.9. The highest BCUT2D eigenvalue weighted by Gasteiger charge is 2.28. The Bertz CT molecular complexity index is 1270. The maximum Gasteiger partial charge on any atom is 0.291 e. The molecule has 33 heavy (non-hydrogen) atoms.